The van der Waals surface area contributed by atoms with Crippen LogP contribution in [-0.2, 0) is 4.79 Å². The molecule has 31 heavy (non-hydrogen) atoms. The molecule has 7 nitrogen and oxygen atoms in total. The molecular weight excluding hydrogens is 463 g/mol. The summed E-state index contributed by atoms with van der Waals surface area (Å²) < 4.78 is 10.7. The number of halogens is 3. The van der Waals surface area contributed by atoms with Gasteiger partial charge in [-0.1, -0.05) is 58.2 Å². The lowest BCUT2D eigenvalue weighted by Gasteiger charge is -2.11. The van der Waals surface area contributed by atoms with Gasteiger partial charge in [0.2, 0.25) is 0 Å². The quantitative estimate of drug-likeness (QED) is 0.230. The topological polar surface area (TPSA) is 89.6 Å². The van der Waals surface area contributed by atoms with Gasteiger partial charge in [-0.25, -0.2) is 10.4 Å². The van der Waals surface area contributed by atoms with E-state index in [0.717, 1.165) is 10.9 Å². The number of carbonyl (C=O) groups excluding carboxylic acids is 1. The average molecular weight is 476 g/mol. The monoisotopic (exact) mass is 474 g/mol. The highest BCUT2D eigenvalue weighted by atomic mass is 35.5. The fraction of sp³-hybridized carbons (Fsp3) is 0.0476. The summed E-state index contributed by atoms with van der Waals surface area (Å²) in [6.07, 6.45) is 2.89. The van der Waals surface area contributed by atoms with Gasteiger partial charge in [0.25, 0.3) is 5.91 Å². The van der Waals surface area contributed by atoms with Crippen molar-refractivity contribution in [2.75, 3.05) is 6.61 Å². The van der Waals surface area contributed by atoms with Crippen LogP contribution in [-0.4, -0.2) is 28.9 Å². The number of benzene rings is 2. The zero-order valence-corrected chi connectivity index (χ0v) is 17.9. The van der Waals surface area contributed by atoms with Crippen LogP contribution in [0.15, 0.2) is 64.4 Å². The lowest BCUT2D eigenvalue weighted by Crippen LogP contribution is -2.24. The molecule has 0 unspecified atom stereocenters. The Labute approximate surface area is 191 Å². The van der Waals surface area contributed by atoms with Gasteiger partial charge in [-0.05, 0) is 24.3 Å². The van der Waals surface area contributed by atoms with E-state index >= 15 is 0 Å². The predicted octanol–water partition coefficient (Wildman–Crippen LogP) is 5.38. The molecular formula is C21H13Cl3N4O3. The molecule has 10 heteroatoms. The van der Waals surface area contributed by atoms with Crippen molar-refractivity contribution in [3.63, 3.8) is 0 Å². The first-order valence-electron chi connectivity index (χ1n) is 8.91. The largest absolute Gasteiger partial charge is 0.481 e. The molecule has 0 atom stereocenters. The van der Waals surface area contributed by atoms with Gasteiger partial charge in [0, 0.05) is 22.0 Å². The summed E-state index contributed by atoms with van der Waals surface area (Å²) in [6, 6.07) is 14.1. The number of amides is 1. The molecule has 0 spiro atoms. The Bertz CT molecular complexity index is 1280. The third-order valence-electron chi connectivity index (χ3n) is 4.16. The Balaban J connectivity index is 1.43. The van der Waals surface area contributed by atoms with Crippen molar-refractivity contribution in [1.29, 1.82) is 0 Å². The van der Waals surface area contributed by atoms with Crippen LogP contribution in [0.3, 0.4) is 0 Å². The Morgan fingerprint density at radius 2 is 2.00 bits per heavy atom. The van der Waals surface area contributed by atoms with Gasteiger partial charge in [0.15, 0.2) is 12.4 Å². The number of fused-ring (bicyclic) bond motifs is 1. The average Bonchev–Trinajstić information content (AvgIpc) is 3.28. The van der Waals surface area contributed by atoms with Crippen LogP contribution in [0, 0.1) is 0 Å². The van der Waals surface area contributed by atoms with E-state index < -0.39 is 5.91 Å². The lowest BCUT2D eigenvalue weighted by molar-refractivity contribution is -0.123. The molecule has 0 saturated carbocycles. The van der Waals surface area contributed by atoms with E-state index in [2.05, 4.69) is 20.7 Å². The Kier molecular flexibility index (Phi) is 6.36. The molecule has 0 bridgehead atoms. The number of aromatic nitrogens is 2. The maximum atomic E-state index is 12.2. The SMILES string of the molecule is O=C(COc1c(Cl)cc(Cl)cc1-c1ccno1)N/N=C/c1cc2ccccc2nc1Cl. The van der Waals surface area contributed by atoms with Crippen molar-refractivity contribution in [1.82, 2.24) is 15.6 Å². The van der Waals surface area contributed by atoms with Gasteiger partial charge in [-0.2, -0.15) is 5.10 Å². The van der Waals surface area contributed by atoms with Crippen molar-refractivity contribution in [3.05, 3.63) is 75.5 Å². The molecule has 2 aromatic heterocycles. The van der Waals surface area contributed by atoms with E-state index in [1.54, 1.807) is 12.1 Å². The molecule has 156 valence electrons. The summed E-state index contributed by atoms with van der Waals surface area (Å²) in [5.74, 6) is 0.135. The molecule has 0 aliphatic heterocycles. The first kappa shape index (κ1) is 21.1. The summed E-state index contributed by atoms with van der Waals surface area (Å²) in [6.45, 7) is -0.344. The number of ether oxygens (including phenoxy) is 1. The highest BCUT2D eigenvalue weighted by Gasteiger charge is 2.16. The van der Waals surface area contributed by atoms with Gasteiger partial charge in [-0.3, -0.25) is 4.79 Å². The number of nitrogens with zero attached hydrogens (tertiary/aromatic N) is 3. The number of carbonyl (C=O) groups is 1. The number of pyridine rings is 1. The molecule has 0 aliphatic carbocycles. The van der Waals surface area contributed by atoms with Gasteiger partial charge in [0.1, 0.15) is 10.9 Å². The summed E-state index contributed by atoms with van der Waals surface area (Å²) >= 11 is 18.5. The summed E-state index contributed by atoms with van der Waals surface area (Å²) in [7, 11) is 0. The van der Waals surface area contributed by atoms with Crippen LogP contribution >= 0.6 is 34.8 Å². The van der Waals surface area contributed by atoms with E-state index in [4.69, 9.17) is 44.1 Å². The summed E-state index contributed by atoms with van der Waals surface area (Å²) in [5.41, 5.74) is 4.18. The Morgan fingerprint density at radius 1 is 1.16 bits per heavy atom. The van der Waals surface area contributed by atoms with Crippen LogP contribution in [0.2, 0.25) is 15.2 Å². The van der Waals surface area contributed by atoms with Crippen LogP contribution in [0.5, 0.6) is 5.75 Å². The van der Waals surface area contributed by atoms with Gasteiger partial charge < -0.3 is 9.26 Å². The van der Waals surface area contributed by atoms with E-state index in [1.807, 2.05) is 30.3 Å². The fourth-order valence-corrected chi connectivity index (χ4v) is 3.53. The number of para-hydroxylation sites is 1. The number of nitrogens with one attached hydrogen (secondary N) is 1. The second-order valence-corrected chi connectivity index (χ2v) is 7.49. The number of hydrazone groups is 1. The van der Waals surface area contributed by atoms with Gasteiger partial charge >= 0.3 is 0 Å². The van der Waals surface area contributed by atoms with Gasteiger partial charge in [-0.15, -0.1) is 0 Å². The highest BCUT2D eigenvalue weighted by Crippen LogP contribution is 2.38. The van der Waals surface area contributed by atoms with E-state index in [-0.39, 0.29) is 22.5 Å². The van der Waals surface area contributed by atoms with Crippen LogP contribution < -0.4 is 10.2 Å². The van der Waals surface area contributed by atoms with Crippen LogP contribution in [0.4, 0.5) is 0 Å². The second kappa shape index (κ2) is 9.34. The highest BCUT2D eigenvalue weighted by molar-refractivity contribution is 6.36. The van der Waals surface area contributed by atoms with E-state index in [1.165, 1.54) is 18.5 Å². The van der Waals surface area contributed by atoms with Crippen molar-refractivity contribution in [2.45, 2.75) is 0 Å². The van der Waals surface area contributed by atoms with E-state index in [9.17, 15) is 4.79 Å². The molecule has 1 N–H and O–H groups in total. The lowest BCUT2D eigenvalue weighted by atomic mass is 10.1. The number of hydrogen-bond donors (Lipinski definition) is 1. The maximum Gasteiger partial charge on any atom is 0.277 e. The van der Waals surface area contributed by atoms with Crippen molar-refractivity contribution in [2.24, 2.45) is 5.10 Å². The minimum absolute atomic E-state index is 0.226. The minimum Gasteiger partial charge on any atom is -0.481 e. The molecule has 0 saturated heterocycles. The minimum atomic E-state index is -0.504. The van der Waals surface area contributed by atoms with Crippen molar-refractivity contribution in [3.8, 4) is 17.1 Å². The zero-order chi connectivity index (χ0) is 21.8. The molecule has 0 aliphatic rings. The molecule has 4 rings (SSSR count). The van der Waals surface area contributed by atoms with Crippen molar-refractivity contribution >= 4 is 57.8 Å². The smallest absolute Gasteiger partial charge is 0.277 e. The molecule has 2 aromatic carbocycles. The molecule has 0 radical (unpaired) electrons. The predicted molar refractivity (Wildman–Crippen MR) is 120 cm³/mol. The van der Waals surface area contributed by atoms with Crippen molar-refractivity contribution < 1.29 is 14.1 Å². The summed E-state index contributed by atoms with van der Waals surface area (Å²) in [5, 5.41) is 9.37. The molecule has 4 aromatic rings. The molecule has 0 fully saturated rings. The first-order valence-corrected chi connectivity index (χ1v) is 10.0. The number of hydrogen-bond acceptors (Lipinski definition) is 6. The maximum absolute atomic E-state index is 12.2. The standard InChI is InChI=1S/C21H13Cl3N4O3/c22-14-8-15(18-5-6-26-31-18)20(16(23)9-14)30-11-19(29)28-25-10-13-7-12-3-1-2-4-17(12)27-21(13)24/h1-10H,11H2,(H,28,29)/b25-10+. The third kappa shape index (κ3) is 4.96. The van der Waals surface area contributed by atoms with Gasteiger partial charge in [0.05, 0.1) is 28.5 Å². The molecule has 1 amide bonds. The Morgan fingerprint density at radius 3 is 2.81 bits per heavy atom. The normalized spacial score (nSPS) is 11.2. The number of rotatable bonds is 6. The van der Waals surface area contributed by atoms with Crippen LogP contribution in [0.25, 0.3) is 22.2 Å². The van der Waals surface area contributed by atoms with Crippen LogP contribution in [0.1, 0.15) is 5.56 Å². The first-order chi connectivity index (χ1) is 15.0. The second-order valence-electron chi connectivity index (χ2n) is 6.28. The molecule has 2 heterocycles. The third-order valence-corrected chi connectivity index (χ3v) is 4.96. The fourth-order valence-electron chi connectivity index (χ4n) is 2.79. The Hall–Kier alpha value is -3.13. The zero-order valence-electron chi connectivity index (χ0n) is 15.7. The van der Waals surface area contributed by atoms with E-state index in [0.29, 0.717) is 21.9 Å². The summed E-state index contributed by atoms with van der Waals surface area (Å²) in [4.78, 5) is 16.5.